The number of fused-ring (bicyclic) bond motifs is 1. The fourth-order valence-corrected chi connectivity index (χ4v) is 4.29. The van der Waals surface area contributed by atoms with E-state index in [1.54, 1.807) is 6.08 Å². The first-order valence-corrected chi connectivity index (χ1v) is 12.0. The van der Waals surface area contributed by atoms with Crippen LogP contribution in [0.4, 0.5) is 0 Å². The summed E-state index contributed by atoms with van der Waals surface area (Å²) in [5.74, 6) is 2.05. The van der Waals surface area contributed by atoms with Crippen LogP contribution < -0.4 is 19.6 Å². The van der Waals surface area contributed by atoms with Crippen LogP contribution in [0, 0.1) is 0 Å². The normalized spacial score (nSPS) is 11.7. The minimum absolute atomic E-state index is 0.195. The van der Waals surface area contributed by atoms with Crippen molar-refractivity contribution in [3.8, 4) is 22.9 Å². The van der Waals surface area contributed by atoms with Crippen LogP contribution in [0.1, 0.15) is 38.2 Å². The topological polar surface area (TPSA) is 65.7 Å². The molecule has 0 aliphatic rings. The third-order valence-electron chi connectivity index (χ3n) is 5.12. The first-order chi connectivity index (χ1) is 16.2. The Balaban J connectivity index is 1.52. The lowest BCUT2D eigenvalue weighted by Crippen LogP contribution is -2.23. The molecule has 0 amide bonds. The Bertz CT molecular complexity index is 1330. The van der Waals surface area contributed by atoms with Crippen LogP contribution in [-0.2, 0) is 0 Å². The van der Waals surface area contributed by atoms with E-state index in [9.17, 15) is 4.79 Å². The summed E-state index contributed by atoms with van der Waals surface area (Å²) in [6.07, 6.45) is 8.20. The average Bonchev–Trinajstić information content (AvgIpc) is 3.38. The fraction of sp³-hybridized carbons (Fsp3) is 0.269. The number of aromatic nitrogens is 3. The lowest BCUT2D eigenvalue weighted by atomic mass is 10.2. The van der Waals surface area contributed by atoms with E-state index in [0.717, 1.165) is 29.9 Å². The highest BCUT2D eigenvalue weighted by Gasteiger charge is 2.12. The standard InChI is InChI=1S/C26H27N3O3S/c1-3-5-6-9-17-31-21-14-12-19(13-15-21)24-27-26-29(28-24)25(30)23(33-26)18-20-10-7-8-11-22(20)32-16-4-2/h4,7-8,10-15,18H,2-3,5-6,9,16-17H2,1H3/b23-18-. The molecule has 2 aromatic carbocycles. The minimum Gasteiger partial charge on any atom is -0.494 e. The molecule has 33 heavy (non-hydrogen) atoms. The molecule has 0 saturated carbocycles. The molecule has 0 saturated heterocycles. The van der Waals surface area contributed by atoms with Crippen molar-refractivity contribution in [3.05, 3.63) is 81.6 Å². The summed E-state index contributed by atoms with van der Waals surface area (Å²) in [6.45, 7) is 6.99. The van der Waals surface area contributed by atoms with Crippen molar-refractivity contribution in [2.75, 3.05) is 13.2 Å². The Morgan fingerprint density at radius 3 is 2.64 bits per heavy atom. The highest BCUT2D eigenvalue weighted by molar-refractivity contribution is 7.15. The van der Waals surface area contributed by atoms with Crippen LogP contribution in [0.15, 0.2) is 66.0 Å². The largest absolute Gasteiger partial charge is 0.494 e. The first kappa shape index (κ1) is 22.7. The fourth-order valence-electron chi connectivity index (χ4n) is 3.40. The Morgan fingerprint density at radius 1 is 1.06 bits per heavy atom. The molecule has 0 unspecified atom stereocenters. The number of nitrogens with zero attached hydrogens (tertiary/aromatic N) is 3. The van der Waals surface area contributed by atoms with Crippen molar-refractivity contribution in [2.24, 2.45) is 0 Å². The quantitative estimate of drug-likeness (QED) is 0.235. The maximum Gasteiger partial charge on any atom is 0.291 e. The Morgan fingerprint density at radius 2 is 1.88 bits per heavy atom. The molecule has 0 aliphatic heterocycles. The van der Waals surface area contributed by atoms with Crippen LogP contribution in [0.2, 0.25) is 0 Å². The van der Waals surface area contributed by atoms with E-state index in [4.69, 9.17) is 9.47 Å². The molecule has 2 aromatic heterocycles. The highest BCUT2D eigenvalue weighted by Crippen LogP contribution is 2.21. The Labute approximate surface area is 196 Å². The van der Waals surface area contributed by atoms with E-state index in [2.05, 4.69) is 23.6 Å². The molecule has 2 heterocycles. The number of unbranched alkanes of at least 4 members (excludes halogenated alkanes) is 3. The van der Waals surface area contributed by atoms with Crippen LogP contribution in [0.3, 0.4) is 0 Å². The summed E-state index contributed by atoms with van der Waals surface area (Å²) in [6, 6.07) is 15.3. The molecule has 4 rings (SSSR count). The molecule has 0 aliphatic carbocycles. The van der Waals surface area contributed by atoms with Crippen molar-refractivity contribution in [3.63, 3.8) is 0 Å². The van der Waals surface area contributed by atoms with Crippen LogP contribution in [0.5, 0.6) is 11.5 Å². The van der Waals surface area contributed by atoms with Gasteiger partial charge in [0.25, 0.3) is 5.56 Å². The third kappa shape index (κ3) is 5.49. The van der Waals surface area contributed by atoms with Gasteiger partial charge in [-0.1, -0.05) is 68.4 Å². The van der Waals surface area contributed by atoms with Crippen molar-refractivity contribution < 1.29 is 9.47 Å². The van der Waals surface area contributed by atoms with Gasteiger partial charge in [0.15, 0.2) is 5.82 Å². The van der Waals surface area contributed by atoms with Gasteiger partial charge in [-0.3, -0.25) is 4.79 Å². The van der Waals surface area contributed by atoms with Gasteiger partial charge in [-0.15, -0.1) is 5.10 Å². The number of thiazole rings is 1. The molecule has 0 radical (unpaired) electrons. The molecular weight excluding hydrogens is 434 g/mol. The van der Waals surface area contributed by atoms with E-state index in [-0.39, 0.29) is 5.56 Å². The summed E-state index contributed by atoms with van der Waals surface area (Å²) in [5.41, 5.74) is 1.48. The predicted octanol–water partition coefficient (Wildman–Crippen LogP) is 4.89. The van der Waals surface area contributed by atoms with Gasteiger partial charge in [0.1, 0.15) is 18.1 Å². The SMILES string of the molecule is C=CCOc1ccccc1/C=c1\sc2nc(-c3ccc(OCCCCCC)cc3)nn2c1=O. The smallest absolute Gasteiger partial charge is 0.291 e. The van der Waals surface area contributed by atoms with Gasteiger partial charge in [0.05, 0.1) is 11.1 Å². The number of para-hydroxylation sites is 1. The first-order valence-electron chi connectivity index (χ1n) is 11.2. The van der Waals surface area contributed by atoms with Crippen LogP contribution >= 0.6 is 11.3 Å². The molecule has 0 spiro atoms. The van der Waals surface area contributed by atoms with E-state index in [0.29, 0.717) is 27.7 Å². The monoisotopic (exact) mass is 461 g/mol. The molecule has 0 atom stereocenters. The Hall–Kier alpha value is -3.45. The molecule has 0 bridgehead atoms. The number of benzene rings is 2. The van der Waals surface area contributed by atoms with E-state index >= 15 is 0 Å². The average molecular weight is 462 g/mol. The van der Waals surface area contributed by atoms with Crippen molar-refractivity contribution >= 4 is 22.4 Å². The number of rotatable bonds is 11. The summed E-state index contributed by atoms with van der Waals surface area (Å²) in [4.78, 5) is 18.0. The van der Waals surface area contributed by atoms with Gasteiger partial charge < -0.3 is 9.47 Å². The Kier molecular flexibility index (Phi) is 7.52. The molecule has 7 heteroatoms. The maximum absolute atomic E-state index is 12.9. The molecule has 4 aromatic rings. The molecule has 6 nitrogen and oxygen atoms in total. The lowest BCUT2D eigenvalue weighted by molar-refractivity contribution is 0.305. The molecule has 0 N–H and O–H groups in total. The van der Waals surface area contributed by atoms with Gasteiger partial charge in [0, 0.05) is 11.1 Å². The zero-order valence-corrected chi connectivity index (χ0v) is 19.5. The molecular formula is C26H27N3O3S. The highest BCUT2D eigenvalue weighted by atomic mass is 32.1. The van der Waals surface area contributed by atoms with Gasteiger partial charge in [-0.2, -0.15) is 9.50 Å². The van der Waals surface area contributed by atoms with E-state index < -0.39 is 0 Å². The maximum atomic E-state index is 12.9. The summed E-state index contributed by atoms with van der Waals surface area (Å²) in [7, 11) is 0. The number of hydrogen-bond donors (Lipinski definition) is 0. The molecule has 170 valence electrons. The minimum atomic E-state index is -0.195. The van der Waals surface area contributed by atoms with Gasteiger partial charge >= 0.3 is 0 Å². The summed E-state index contributed by atoms with van der Waals surface area (Å²) in [5, 5.41) is 4.44. The van der Waals surface area contributed by atoms with E-state index in [1.165, 1.54) is 35.1 Å². The van der Waals surface area contributed by atoms with Crippen LogP contribution in [0.25, 0.3) is 22.4 Å². The van der Waals surface area contributed by atoms with Gasteiger partial charge in [0.2, 0.25) is 4.96 Å². The second-order valence-electron chi connectivity index (χ2n) is 7.62. The van der Waals surface area contributed by atoms with Gasteiger partial charge in [-0.25, -0.2) is 0 Å². The van der Waals surface area contributed by atoms with Crippen molar-refractivity contribution in [2.45, 2.75) is 32.6 Å². The summed E-state index contributed by atoms with van der Waals surface area (Å²) < 4.78 is 13.4. The zero-order valence-electron chi connectivity index (χ0n) is 18.7. The second-order valence-corrected chi connectivity index (χ2v) is 8.63. The van der Waals surface area contributed by atoms with Gasteiger partial charge in [-0.05, 0) is 42.8 Å². The van der Waals surface area contributed by atoms with Crippen molar-refractivity contribution in [1.29, 1.82) is 0 Å². The predicted molar refractivity (Wildman–Crippen MR) is 133 cm³/mol. The zero-order chi connectivity index (χ0) is 23.0. The summed E-state index contributed by atoms with van der Waals surface area (Å²) >= 11 is 1.31. The second kappa shape index (κ2) is 10.9. The van der Waals surface area contributed by atoms with Crippen LogP contribution in [-0.4, -0.2) is 27.8 Å². The molecule has 0 fully saturated rings. The third-order valence-corrected chi connectivity index (χ3v) is 6.08. The van der Waals surface area contributed by atoms with Crippen molar-refractivity contribution in [1.82, 2.24) is 14.6 Å². The van der Waals surface area contributed by atoms with E-state index in [1.807, 2.05) is 54.6 Å². The number of ether oxygens (including phenoxy) is 2. The number of hydrogen-bond acceptors (Lipinski definition) is 6. The lowest BCUT2D eigenvalue weighted by Gasteiger charge is -2.06.